The van der Waals surface area contributed by atoms with Crippen LogP contribution in [0.3, 0.4) is 0 Å². The fraction of sp³-hybridized carbons (Fsp3) is 0.231. The Morgan fingerprint density at radius 3 is 2.67 bits per heavy atom. The van der Waals surface area contributed by atoms with Crippen LogP contribution in [0.25, 0.3) is 0 Å². The molecule has 18 heavy (non-hydrogen) atoms. The molecule has 0 aliphatic rings. The van der Waals surface area contributed by atoms with Gasteiger partial charge in [-0.2, -0.15) is 0 Å². The van der Waals surface area contributed by atoms with Crippen molar-refractivity contribution in [2.24, 2.45) is 0 Å². The normalized spacial score (nSPS) is 12.4. The minimum absolute atomic E-state index is 0.293. The van der Waals surface area contributed by atoms with Crippen molar-refractivity contribution >= 4 is 0 Å². The van der Waals surface area contributed by atoms with Gasteiger partial charge in [-0.1, -0.05) is 13.0 Å². The quantitative estimate of drug-likeness (QED) is 0.904. The Morgan fingerprint density at radius 2 is 2.06 bits per heavy atom. The zero-order valence-corrected chi connectivity index (χ0v) is 9.90. The van der Waals surface area contributed by atoms with Gasteiger partial charge in [-0.15, -0.1) is 0 Å². The lowest BCUT2D eigenvalue weighted by Crippen LogP contribution is -2.23. The average molecular weight is 249 g/mol. The molecule has 1 aromatic heterocycles. The molecule has 0 aliphatic heterocycles. The van der Waals surface area contributed by atoms with Gasteiger partial charge in [-0.05, 0) is 24.2 Å². The summed E-state index contributed by atoms with van der Waals surface area (Å²) in [6, 6.07) is 3.54. The number of nitrogens with zero attached hydrogens (tertiary/aromatic N) is 2. The molecule has 1 atom stereocenters. The maximum Gasteiger partial charge on any atom is 0.159 e. The summed E-state index contributed by atoms with van der Waals surface area (Å²) >= 11 is 0. The molecule has 0 saturated carbocycles. The summed E-state index contributed by atoms with van der Waals surface area (Å²) in [6.45, 7) is 2.61. The van der Waals surface area contributed by atoms with E-state index in [1.54, 1.807) is 24.7 Å². The van der Waals surface area contributed by atoms with Crippen molar-refractivity contribution < 1.29 is 8.78 Å². The molecule has 0 amide bonds. The molecule has 0 fully saturated rings. The smallest absolute Gasteiger partial charge is 0.159 e. The Kier molecular flexibility index (Phi) is 3.94. The second kappa shape index (κ2) is 5.64. The number of rotatable bonds is 4. The Labute approximate surface area is 104 Å². The first-order chi connectivity index (χ1) is 8.72. The number of aromatic nitrogens is 2. The first kappa shape index (κ1) is 12.6. The van der Waals surface area contributed by atoms with Crippen LogP contribution in [-0.2, 0) is 0 Å². The van der Waals surface area contributed by atoms with E-state index in [4.69, 9.17) is 0 Å². The number of hydrogen-bond acceptors (Lipinski definition) is 3. The molecule has 5 heteroatoms. The third kappa shape index (κ3) is 2.68. The monoisotopic (exact) mass is 249 g/mol. The molecule has 94 valence electrons. The highest BCUT2D eigenvalue weighted by Gasteiger charge is 2.16. The van der Waals surface area contributed by atoms with Gasteiger partial charge in [-0.25, -0.2) is 8.78 Å². The van der Waals surface area contributed by atoms with Crippen molar-refractivity contribution in [3.63, 3.8) is 0 Å². The zero-order valence-electron chi connectivity index (χ0n) is 9.90. The van der Waals surface area contributed by atoms with Gasteiger partial charge in [-0.3, -0.25) is 9.97 Å². The van der Waals surface area contributed by atoms with Crippen LogP contribution in [0.5, 0.6) is 0 Å². The summed E-state index contributed by atoms with van der Waals surface area (Å²) in [6.07, 6.45) is 4.74. The predicted molar refractivity (Wildman–Crippen MR) is 63.9 cm³/mol. The van der Waals surface area contributed by atoms with Crippen LogP contribution in [-0.4, -0.2) is 16.5 Å². The molecule has 1 N–H and O–H groups in total. The van der Waals surface area contributed by atoms with Crippen LogP contribution < -0.4 is 5.32 Å². The Bertz CT molecular complexity index is 517. The zero-order chi connectivity index (χ0) is 13.0. The Balaban J connectivity index is 2.38. The number of halogens is 2. The van der Waals surface area contributed by atoms with Crippen molar-refractivity contribution in [2.75, 3.05) is 6.54 Å². The minimum Gasteiger partial charge on any atom is -0.305 e. The van der Waals surface area contributed by atoms with Crippen LogP contribution in [0.2, 0.25) is 0 Å². The van der Waals surface area contributed by atoms with Crippen molar-refractivity contribution in [3.8, 4) is 0 Å². The van der Waals surface area contributed by atoms with E-state index in [1.165, 1.54) is 6.07 Å². The molecule has 0 saturated heterocycles. The summed E-state index contributed by atoms with van der Waals surface area (Å²) in [4.78, 5) is 8.17. The van der Waals surface area contributed by atoms with E-state index in [2.05, 4.69) is 15.3 Å². The summed E-state index contributed by atoms with van der Waals surface area (Å²) < 4.78 is 26.2. The van der Waals surface area contributed by atoms with E-state index in [0.717, 1.165) is 6.07 Å². The number of benzene rings is 1. The molecule has 0 bridgehead atoms. The maximum atomic E-state index is 13.3. The number of nitrogens with one attached hydrogen (secondary N) is 1. The van der Waals surface area contributed by atoms with E-state index >= 15 is 0 Å². The average Bonchev–Trinajstić information content (AvgIpc) is 2.40. The van der Waals surface area contributed by atoms with Crippen molar-refractivity contribution in [3.05, 3.63) is 59.7 Å². The van der Waals surface area contributed by atoms with Crippen molar-refractivity contribution in [1.29, 1.82) is 0 Å². The van der Waals surface area contributed by atoms with Gasteiger partial charge >= 0.3 is 0 Å². The van der Waals surface area contributed by atoms with Gasteiger partial charge in [0.25, 0.3) is 0 Å². The lowest BCUT2D eigenvalue weighted by atomic mass is 10.0. The van der Waals surface area contributed by atoms with Gasteiger partial charge in [0.2, 0.25) is 0 Å². The summed E-state index contributed by atoms with van der Waals surface area (Å²) in [5.74, 6) is -1.72. The second-order valence-corrected chi connectivity index (χ2v) is 3.79. The van der Waals surface area contributed by atoms with Crippen LogP contribution in [0, 0.1) is 11.6 Å². The standard InChI is InChI=1S/C13H13F2N3/c1-2-17-13(12-8-16-5-6-18-12)9-3-4-10(14)11(15)7-9/h3-8,13,17H,2H2,1H3. The minimum atomic E-state index is -0.862. The lowest BCUT2D eigenvalue weighted by molar-refractivity contribution is 0.503. The fourth-order valence-corrected chi connectivity index (χ4v) is 1.75. The van der Waals surface area contributed by atoms with E-state index in [1.807, 2.05) is 6.92 Å². The predicted octanol–water partition coefficient (Wildman–Crippen LogP) is 2.45. The van der Waals surface area contributed by atoms with Crippen LogP contribution >= 0.6 is 0 Å². The molecule has 1 heterocycles. The van der Waals surface area contributed by atoms with Crippen LogP contribution in [0.4, 0.5) is 8.78 Å². The molecule has 2 aromatic rings. The van der Waals surface area contributed by atoms with E-state index in [-0.39, 0.29) is 6.04 Å². The maximum absolute atomic E-state index is 13.3. The summed E-state index contributed by atoms with van der Waals surface area (Å²) in [5, 5.41) is 3.17. The highest BCUT2D eigenvalue weighted by atomic mass is 19.2. The molecule has 3 nitrogen and oxygen atoms in total. The van der Waals surface area contributed by atoms with Gasteiger partial charge in [0.1, 0.15) is 0 Å². The molecular weight excluding hydrogens is 236 g/mol. The molecular formula is C13H13F2N3. The third-order valence-corrected chi connectivity index (χ3v) is 2.56. The van der Waals surface area contributed by atoms with Gasteiger partial charge < -0.3 is 5.32 Å². The first-order valence-electron chi connectivity index (χ1n) is 5.66. The van der Waals surface area contributed by atoms with Crippen LogP contribution in [0.15, 0.2) is 36.8 Å². The van der Waals surface area contributed by atoms with Gasteiger partial charge in [0.05, 0.1) is 17.9 Å². The molecule has 0 spiro atoms. The summed E-state index contributed by atoms with van der Waals surface area (Å²) in [7, 11) is 0. The van der Waals surface area contributed by atoms with Crippen molar-refractivity contribution in [1.82, 2.24) is 15.3 Å². The van der Waals surface area contributed by atoms with Crippen LogP contribution in [0.1, 0.15) is 24.2 Å². The Hall–Kier alpha value is -1.88. The second-order valence-electron chi connectivity index (χ2n) is 3.79. The largest absolute Gasteiger partial charge is 0.305 e. The first-order valence-corrected chi connectivity index (χ1v) is 5.66. The topological polar surface area (TPSA) is 37.8 Å². The van der Waals surface area contributed by atoms with Crippen molar-refractivity contribution in [2.45, 2.75) is 13.0 Å². The van der Waals surface area contributed by atoms with E-state index in [9.17, 15) is 8.78 Å². The molecule has 2 rings (SSSR count). The SMILES string of the molecule is CCNC(c1ccc(F)c(F)c1)c1cnccn1. The van der Waals surface area contributed by atoms with Gasteiger partial charge in [0, 0.05) is 12.4 Å². The lowest BCUT2D eigenvalue weighted by Gasteiger charge is -2.17. The highest BCUT2D eigenvalue weighted by molar-refractivity contribution is 5.27. The molecule has 0 aliphatic carbocycles. The molecule has 1 unspecified atom stereocenters. The molecule has 0 radical (unpaired) electrons. The number of hydrogen-bond donors (Lipinski definition) is 1. The highest BCUT2D eigenvalue weighted by Crippen LogP contribution is 2.21. The summed E-state index contributed by atoms with van der Waals surface area (Å²) in [5.41, 5.74) is 1.29. The Morgan fingerprint density at radius 1 is 1.22 bits per heavy atom. The fourth-order valence-electron chi connectivity index (χ4n) is 1.75. The van der Waals surface area contributed by atoms with E-state index < -0.39 is 11.6 Å². The third-order valence-electron chi connectivity index (χ3n) is 2.56. The van der Waals surface area contributed by atoms with Gasteiger partial charge in [0.15, 0.2) is 11.6 Å². The van der Waals surface area contributed by atoms with E-state index in [0.29, 0.717) is 17.8 Å². The molecule has 1 aromatic carbocycles.